The topological polar surface area (TPSA) is 26.0 Å². The van der Waals surface area contributed by atoms with Crippen LogP contribution in [0.2, 0.25) is 0 Å². The first-order valence-electron chi connectivity index (χ1n) is 4.00. The zero-order chi connectivity index (χ0) is 10.6. The van der Waals surface area contributed by atoms with E-state index in [9.17, 15) is 8.78 Å². The van der Waals surface area contributed by atoms with E-state index < -0.39 is 11.6 Å². The second kappa shape index (κ2) is 4.87. The van der Waals surface area contributed by atoms with Crippen LogP contribution in [0.15, 0.2) is 12.1 Å². The van der Waals surface area contributed by atoms with E-state index in [1.165, 1.54) is 6.07 Å². The molecule has 0 amide bonds. The lowest BCUT2D eigenvalue weighted by Gasteiger charge is -1.99. The number of anilines is 1. The van der Waals surface area contributed by atoms with Gasteiger partial charge in [0.15, 0.2) is 5.82 Å². The van der Waals surface area contributed by atoms with E-state index in [2.05, 4.69) is 24.5 Å². The number of thiol groups is 1. The van der Waals surface area contributed by atoms with Gasteiger partial charge in [-0.3, -0.25) is 0 Å². The Hall–Kier alpha value is -1.21. The van der Waals surface area contributed by atoms with Gasteiger partial charge in [0.05, 0.1) is 11.3 Å². The van der Waals surface area contributed by atoms with Crippen molar-refractivity contribution in [3.8, 4) is 11.8 Å². The molecular weight excluding hydrogens is 204 g/mol. The molecule has 0 atom stereocenters. The predicted molar refractivity (Wildman–Crippen MR) is 56.1 cm³/mol. The first-order chi connectivity index (χ1) is 6.66. The summed E-state index contributed by atoms with van der Waals surface area (Å²) in [5.74, 6) is 4.06. The van der Waals surface area contributed by atoms with Gasteiger partial charge in [-0.2, -0.15) is 12.6 Å². The van der Waals surface area contributed by atoms with Crippen molar-refractivity contribution in [2.24, 2.45) is 0 Å². The second-order valence-corrected chi connectivity index (χ2v) is 3.05. The van der Waals surface area contributed by atoms with Crippen molar-refractivity contribution in [1.82, 2.24) is 0 Å². The molecule has 0 aliphatic heterocycles. The number of nitrogen functional groups attached to an aromatic ring is 1. The van der Waals surface area contributed by atoms with Crippen LogP contribution in [-0.2, 0) is 0 Å². The van der Waals surface area contributed by atoms with Crippen LogP contribution in [0, 0.1) is 23.5 Å². The Kier molecular flexibility index (Phi) is 3.78. The maximum Gasteiger partial charge on any atom is 0.164 e. The molecule has 0 saturated carbocycles. The molecule has 1 aromatic carbocycles. The molecule has 0 bridgehead atoms. The van der Waals surface area contributed by atoms with E-state index in [0.29, 0.717) is 12.2 Å². The molecule has 0 aliphatic carbocycles. The fourth-order valence-electron chi connectivity index (χ4n) is 0.890. The quantitative estimate of drug-likeness (QED) is 0.417. The lowest BCUT2D eigenvalue weighted by molar-refractivity contribution is 0.580. The number of hydrogen-bond acceptors (Lipinski definition) is 2. The molecule has 0 spiro atoms. The standard InChI is InChI=1S/C10H9F2NS/c11-8-4-5-9(13)10(12)7(8)3-1-2-6-14/h4-5,14H,2,6,13H2. The normalized spacial score (nSPS) is 9.36. The highest BCUT2D eigenvalue weighted by Crippen LogP contribution is 2.17. The lowest BCUT2D eigenvalue weighted by Crippen LogP contribution is -1.96. The van der Waals surface area contributed by atoms with E-state index in [1.807, 2.05) is 0 Å². The summed E-state index contributed by atoms with van der Waals surface area (Å²) in [6, 6.07) is 2.28. The fraction of sp³-hybridized carbons (Fsp3) is 0.200. The number of rotatable bonds is 1. The summed E-state index contributed by atoms with van der Waals surface area (Å²) in [6.45, 7) is 0. The number of benzene rings is 1. The first kappa shape index (κ1) is 10.9. The highest BCUT2D eigenvalue weighted by atomic mass is 32.1. The molecule has 4 heteroatoms. The molecule has 14 heavy (non-hydrogen) atoms. The molecule has 0 saturated heterocycles. The maximum atomic E-state index is 13.2. The Balaban J connectivity index is 3.08. The zero-order valence-corrected chi connectivity index (χ0v) is 8.24. The molecule has 1 aromatic rings. The predicted octanol–water partition coefficient (Wildman–Crippen LogP) is 2.22. The van der Waals surface area contributed by atoms with Crippen molar-refractivity contribution >= 4 is 18.3 Å². The van der Waals surface area contributed by atoms with Gasteiger partial charge in [-0.1, -0.05) is 11.8 Å². The van der Waals surface area contributed by atoms with Gasteiger partial charge >= 0.3 is 0 Å². The van der Waals surface area contributed by atoms with Gasteiger partial charge in [-0.25, -0.2) is 8.78 Å². The Morgan fingerprint density at radius 1 is 1.36 bits per heavy atom. The van der Waals surface area contributed by atoms with Crippen LogP contribution in [0.25, 0.3) is 0 Å². The van der Waals surface area contributed by atoms with Crippen LogP contribution in [0.1, 0.15) is 12.0 Å². The number of hydrogen-bond donors (Lipinski definition) is 2. The van der Waals surface area contributed by atoms with Gasteiger partial charge < -0.3 is 5.73 Å². The first-order valence-corrected chi connectivity index (χ1v) is 4.63. The minimum Gasteiger partial charge on any atom is -0.396 e. The summed E-state index contributed by atoms with van der Waals surface area (Å²) >= 11 is 3.92. The molecule has 1 nitrogen and oxygen atoms in total. The molecule has 0 radical (unpaired) electrons. The summed E-state index contributed by atoms with van der Waals surface area (Å²) in [6.07, 6.45) is 0.483. The third-order valence-electron chi connectivity index (χ3n) is 1.57. The van der Waals surface area contributed by atoms with E-state index in [4.69, 9.17) is 5.73 Å². The second-order valence-electron chi connectivity index (χ2n) is 2.60. The average Bonchev–Trinajstić information content (AvgIpc) is 2.18. The Morgan fingerprint density at radius 2 is 2.07 bits per heavy atom. The van der Waals surface area contributed by atoms with Crippen LogP contribution in [-0.4, -0.2) is 5.75 Å². The van der Waals surface area contributed by atoms with Gasteiger partial charge in [-0.15, -0.1) is 0 Å². The summed E-state index contributed by atoms with van der Waals surface area (Å²) in [4.78, 5) is 0. The summed E-state index contributed by atoms with van der Waals surface area (Å²) in [5.41, 5.74) is 4.90. The van der Waals surface area contributed by atoms with Crippen LogP contribution in [0.3, 0.4) is 0 Å². The summed E-state index contributed by atoms with van der Waals surface area (Å²) in [7, 11) is 0. The molecule has 0 fully saturated rings. The molecular formula is C10H9F2NS. The molecule has 2 N–H and O–H groups in total. The van der Waals surface area contributed by atoms with Gasteiger partial charge in [0.25, 0.3) is 0 Å². The average molecular weight is 213 g/mol. The van der Waals surface area contributed by atoms with E-state index in [0.717, 1.165) is 6.07 Å². The van der Waals surface area contributed by atoms with E-state index in [1.54, 1.807) is 0 Å². The maximum absolute atomic E-state index is 13.2. The minimum absolute atomic E-state index is 0.0958. The fourth-order valence-corrected chi connectivity index (χ4v) is 1.00. The molecule has 0 aromatic heterocycles. The summed E-state index contributed by atoms with van der Waals surface area (Å²) < 4.78 is 26.2. The van der Waals surface area contributed by atoms with Crippen molar-refractivity contribution in [2.75, 3.05) is 11.5 Å². The third kappa shape index (κ3) is 2.39. The van der Waals surface area contributed by atoms with Crippen molar-refractivity contribution in [1.29, 1.82) is 0 Å². The van der Waals surface area contributed by atoms with E-state index in [-0.39, 0.29) is 11.3 Å². The van der Waals surface area contributed by atoms with Crippen molar-refractivity contribution in [3.05, 3.63) is 29.3 Å². The van der Waals surface area contributed by atoms with Crippen molar-refractivity contribution in [3.63, 3.8) is 0 Å². The molecule has 74 valence electrons. The van der Waals surface area contributed by atoms with Crippen molar-refractivity contribution < 1.29 is 8.78 Å². The van der Waals surface area contributed by atoms with Crippen LogP contribution in [0.5, 0.6) is 0 Å². The number of halogens is 2. The van der Waals surface area contributed by atoms with Gasteiger partial charge in [0, 0.05) is 12.2 Å². The zero-order valence-electron chi connectivity index (χ0n) is 7.35. The van der Waals surface area contributed by atoms with Gasteiger partial charge in [-0.05, 0) is 12.1 Å². The molecule has 0 heterocycles. The largest absolute Gasteiger partial charge is 0.396 e. The van der Waals surface area contributed by atoms with Crippen LogP contribution in [0.4, 0.5) is 14.5 Å². The Bertz CT molecular complexity index is 393. The van der Waals surface area contributed by atoms with Crippen molar-refractivity contribution in [2.45, 2.75) is 6.42 Å². The number of nitrogens with two attached hydrogens (primary N) is 1. The Morgan fingerprint density at radius 3 is 2.71 bits per heavy atom. The van der Waals surface area contributed by atoms with E-state index >= 15 is 0 Å². The highest BCUT2D eigenvalue weighted by Gasteiger charge is 2.08. The molecule has 1 rings (SSSR count). The minimum atomic E-state index is -0.795. The Labute approximate surface area is 86.7 Å². The van der Waals surface area contributed by atoms with Gasteiger partial charge in [0.2, 0.25) is 0 Å². The monoisotopic (exact) mass is 213 g/mol. The smallest absolute Gasteiger partial charge is 0.164 e. The SMILES string of the molecule is Nc1ccc(F)c(C#CCCS)c1F. The molecule has 0 unspecified atom stereocenters. The van der Waals surface area contributed by atoms with Gasteiger partial charge in [0.1, 0.15) is 5.82 Å². The molecule has 0 aliphatic rings. The van der Waals surface area contributed by atoms with Crippen LogP contribution < -0.4 is 5.73 Å². The van der Waals surface area contributed by atoms with Crippen LogP contribution >= 0.6 is 12.6 Å². The summed E-state index contributed by atoms with van der Waals surface area (Å²) in [5, 5.41) is 0. The lowest BCUT2D eigenvalue weighted by atomic mass is 10.1. The third-order valence-corrected chi connectivity index (χ3v) is 1.79. The highest BCUT2D eigenvalue weighted by molar-refractivity contribution is 7.80.